The molecule has 0 aliphatic carbocycles. The summed E-state index contributed by atoms with van der Waals surface area (Å²) in [4.78, 5) is 6.49. The first kappa shape index (κ1) is 9.68. The lowest BCUT2D eigenvalue weighted by molar-refractivity contribution is 0.151. The second kappa shape index (κ2) is 3.37. The highest BCUT2D eigenvalue weighted by molar-refractivity contribution is 6.36. The quantitative estimate of drug-likeness (QED) is 0.802. The number of imidazole rings is 1. The molecule has 2 aromatic rings. The fourth-order valence-electron chi connectivity index (χ4n) is 1.20. The lowest BCUT2D eigenvalue weighted by Crippen LogP contribution is -1.86. The molecule has 0 radical (unpaired) electrons. The third-order valence-corrected chi connectivity index (χ3v) is 2.41. The molecule has 0 saturated carbocycles. The summed E-state index contributed by atoms with van der Waals surface area (Å²) >= 11 is 11.3. The van der Waals surface area contributed by atoms with Gasteiger partial charge in [-0.15, -0.1) is 0 Å². The molecule has 0 atom stereocenters. The zero-order valence-corrected chi connectivity index (χ0v) is 8.20. The van der Waals surface area contributed by atoms with Crippen LogP contribution in [-0.4, -0.2) is 9.97 Å². The summed E-state index contributed by atoms with van der Waals surface area (Å²) in [6.07, 6.45) is -2.61. The molecule has 0 fully saturated rings. The minimum absolute atomic E-state index is 0.0550. The van der Waals surface area contributed by atoms with Gasteiger partial charge in [0.15, 0.2) is 0 Å². The van der Waals surface area contributed by atoms with E-state index in [-0.39, 0.29) is 21.4 Å². The van der Waals surface area contributed by atoms with E-state index in [9.17, 15) is 8.78 Å². The van der Waals surface area contributed by atoms with Gasteiger partial charge in [0.25, 0.3) is 6.43 Å². The van der Waals surface area contributed by atoms with Gasteiger partial charge in [-0.05, 0) is 23.7 Å². The van der Waals surface area contributed by atoms with Crippen molar-refractivity contribution < 1.29 is 8.78 Å². The third-order valence-electron chi connectivity index (χ3n) is 1.83. The monoisotopic (exact) mass is 236 g/mol. The molecule has 0 saturated heterocycles. The van der Waals surface area contributed by atoms with Crippen LogP contribution in [0.5, 0.6) is 0 Å². The molecule has 1 heterocycles. The molecule has 0 spiro atoms. The van der Waals surface area contributed by atoms with Gasteiger partial charge in [0.2, 0.25) is 5.28 Å². The maximum absolute atomic E-state index is 12.4. The Labute approximate surface area is 87.8 Å². The van der Waals surface area contributed by atoms with Crippen LogP contribution >= 0.6 is 23.2 Å². The van der Waals surface area contributed by atoms with Crippen molar-refractivity contribution in [1.29, 1.82) is 0 Å². The lowest BCUT2D eigenvalue weighted by Gasteiger charge is -2.01. The smallest absolute Gasteiger partial charge is 0.265 e. The highest BCUT2D eigenvalue weighted by Gasteiger charge is 2.16. The van der Waals surface area contributed by atoms with Crippen molar-refractivity contribution in [3.05, 3.63) is 28.0 Å². The van der Waals surface area contributed by atoms with Crippen LogP contribution in [0.25, 0.3) is 11.0 Å². The Balaban J connectivity index is 2.74. The van der Waals surface area contributed by atoms with Gasteiger partial charge in [0.1, 0.15) is 5.52 Å². The standard InChI is InChI=1S/C8H4Cl2F2N2/c9-5-3(7(11)12)1-2-4-6(5)14-8(10)13-4/h1-2,7H,(H,13,14). The molecule has 6 heteroatoms. The highest BCUT2D eigenvalue weighted by Crippen LogP contribution is 2.32. The van der Waals surface area contributed by atoms with E-state index >= 15 is 0 Å². The number of halogens is 4. The largest absolute Gasteiger partial charge is 0.329 e. The first-order valence-corrected chi connectivity index (χ1v) is 4.47. The maximum Gasteiger partial charge on any atom is 0.265 e. The van der Waals surface area contributed by atoms with Crippen molar-refractivity contribution in [1.82, 2.24) is 9.97 Å². The molecule has 2 rings (SSSR count). The zero-order chi connectivity index (χ0) is 10.3. The average Bonchev–Trinajstić information content (AvgIpc) is 2.46. The Bertz CT molecular complexity index is 481. The van der Waals surface area contributed by atoms with Gasteiger partial charge in [-0.1, -0.05) is 11.6 Å². The van der Waals surface area contributed by atoms with Crippen LogP contribution in [0, 0.1) is 0 Å². The maximum atomic E-state index is 12.4. The van der Waals surface area contributed by atoms with E-state index in [1.165, 1.54) is 12.1 Å². The summed E-state index contributed by atoms with van der Waals surface area (Å²) in [6.45, 7) is 0. The summed E-state index contributed by atoms with van der Waals surface area (Å²) in [6, 6.07) is 2.73. The number of fused-ring (bicyclic) bond motifs is 1. The number of hydrogen-bond acceptors (Lipinski definition) is 1. The predicted octanol–water partition coefficient (Wildman–Crippen LogP) is 3.81. The third kappa shape index (κ3) is 1.44. The minimum atomic E-state index is -2.61. The van der Waals surface area contributed by atoms with Crippen LogP contribution in [0.3, 0.4) is 0 Å². The number of H-pyrrole nitrogens is 1. The van der Waals surface area contributed by atoms with Crippen LogP contribution in [0.4, 0.5) is 8.78 Å². The van der Waals surface area contributed by atoms with Crippen molar-refractivity contribution in [3.8, 4) is 0 Å². The molecule has 0 aliphatic rings. The van der Waals surface area contributed by atoms with Crippen LogP contribution < -0.4 is 0 Å². The highest BCUT2D eigenvalue weighted by atomic mass is 35.5. The second-order valence-corrected chi connectivity index (χ2v) is 3.43. The molecule has 0 aliphatic heterocycles. The van der Waals surface area contributed by atoms with E-state index in [0.717, 1.165) is 0 Å². The molecule has 0 amide bonds. The van der Waals surface area contributed by atoms with E-state index < -0.39 is 6.43 Å². The molecule has 2 nitrogen and oxygen atoms in total. The Hall–Kier alpha value is -0.870. The van der Waals surface area contributed by atoms with Gasteiger partial charge in [-0.25, -0.2) is 13.8 Å². The van der Waals surface area contributed by atoms with Crippen LogP contribution in [0.2, 0.25) is 10.3 Å². The Morgan fingerprint density at radius 2 is 2.00 bits per heavy atom. The number of aromatic nitrogens is 2. The first-order valence-electron chi connectivity index (χ1n) is 3.71. The van der Waals surface area contributed by atoms with E-state index in [4.69, 9.17) is 23.2 Å². The van der Waals surface area contributed by atoms with E-state index in [1.54, 1.807) is 0 Å². The number of nitrogens with zero attached hydrogens (tertiary/aromatic N) is 1. The summed E-state index contributed by atoms with van der Waals surface area (Å²) < 4.78 is 24.8. The van der Waals surface area contributed by atoms with Crippen molar-refractivity contribution in [2.75, 3.05) is 0 Å². The fraction of sp³-hybridized carbons (Fsp3) is 0.125. The number of benzene rings is 1. The molecular formula is C8H4Cl2F2N2. The summed E-state index contributed by atoms with van der Waals surface area (Å²) in [7, 11) is 0. The fourth-order valence-corrected chi connectivity index (χ4v) is 1.67. The van der Waals surface area contributed by atoms with Gasteiger partial charge in [0, 0.05) is 5.56 Å². The van der Waals surface area contributed by atoms with Crippen LogP contribution in [0.1, 0.15) is 12.0 Å². The van der Waals surface area contributed by atoms with Crippen molar-refractivity contribution in [3.63, 3.8) is 0 Å². The van der Waals surface area contributed by atoms with Gasteiger partial charge in [-0.2, -0.15) is 0 Å². The lowest BCUT2D eigenvalue weighted by atomic mass is 10.2. The Kier molecular flexibility index (Phi) is 2.33. The number of rotatable bonds is 1. The number of aromatic amines is 1. The second-order valence-electron chi connectivity index (χ2n) is 2.69. The molecular weight excluding hydrogens is 233 g/mol. The molecule has 0 bridgehead atoms. The van der Waals surface area contributed by atoms with E-state index in [0.29, 0.717) is 5.52 Å². The zero-order valence-electron chi connectivity index (χ0n) is 6.69. The van der Waals surface area contributed by atoms with Crippen LogP contribution in [0.15, 0.2) is 12.1 Å². The number of hydrogen-bond donors (Lipinski definition) is 1. The van der Waals surface area contributed by atoms with Crippen LogP contribution in [-0.2, 0) is 0 Å². The summed E-state index contributed by atoms with van der Waals surface area (Å²) in [5, 5.41) is 0.0777. The topological polar surface area (TPSA) is 28.7 Å². The van der Waals surface area contributed by atoms with Gasteiger partial charge >= 0.3 is 0 Å². The average molecular weight is 237 g/mol. The minimum Gasteiger partial charge on any atom is -0.329 e. The molecule has 1 N–H and O–H groups in total. The normalized spacial score (nSPS) is 11.5. The first-order chi connectivity index (χ1) is 6.59. The number of nitrogens with one attached hydrogen (secondary N) is 1. The SMILES string of the molecule is FC(F)c1ccc2[nH]c(Cl)nc2c1Cl. The molecule has 74 valence electrons. The summed E-state index contributed by atoms with van der Waals surface area (Å²) in [5.41, 5.74) is 0.584. The Morgan fingerprint density at radius 3 is 2.64 bits per heavy atom. The number of alkyl halides is 2. The molecule has 0 unspecified atom stereocenters. The molecule has 1 aromatic heterocycles. The summed E-state index contributed by atoms with van der Waals surface area (Å²) in [5.74, 6) is 0. The molecule has 14 heavy (non-hydrogen) atoms. The van der Waals surface area contributed by atoms with E-state index in [1.807, 2.05) is 0 Å². The van der Waals surface area contributed by atoms with Crippen molar-refractivity contribution in [2.24, 2.45) is 0 Å². The predicted molar refractivity (Wildman–Crippen MR) is 51.1 cm³/mol. The van der Waals surface area contributed by atoms with Crippen molar-refractivity contribution >= 4 is 34.2 Å². The Morgan fingerprint density at radius 1 is 1.29 bits per heavy atom. The van der Waals surface area contributed by atoms with Gasteiger partial charge in [0.05, 0.1) is 10.5 Å². The van der Waals surface area contributed by atoms with Gasteiger partial charge in [-0.3, -0.25) is 0 Å². The van der Waals surface area contributed by atoms with Gasteiger partial charge < -0.3 is 4.98 Å². The molecule has 1 aromatic carbocycles. The van der Waals surface area contributed by atoms with E-state index in [2.05, 4.69) is 9.97 Å². The van der Waals surface area contributed by atoms with Crippen molar-refractivity contribution in [2.45, 2.75) is 6.43 Å².